The fourth-order valence-electron chi connectivity index (χ4n) is 3.76. The van der Waals surface area contributed by atoms with Crippen molar-refractivity contribution in [3.63, 3.8) is 0 Å². The molecule has 0 heterocycles. The van der Waals surface area contributed by atoms with Gasteiger partial charge in [0.2, 0.25) is 0 Å². The van der Waals surface area contributed by atoms with Gasteiger partial charge in [0, 0.05) is 0 Å². The SMILES string of the molecule is CCOC(=O)C[N+](C)(C)CCCCCCCCCCCC[N+](C)(C)CC(=O)OCC. The number of nitrogens with zero attached hydrogens (tertiary/aromatic N) is 2. The van der Waals surface area contributed by atoms with Crippen LogP contribution in [0.5, 0.6) is 0 Å². The number of hydrogen-bond donors (Lipinski definition) is 0. The van der Waals surface area contributed by atoms with Crippen molar-refractivity contribution in [1.29, 1.82) is 0 Å². The minimum Gasteiger partial charge on any atom is -0.462 e. The lowest BCUT2D eigenvalue weighted by Crippen LogP contribution is -2.45. The third-order valence-electron chi connectivity index (χ3n) is 5.50. The number of hydrogen-bond acceptors (Lipinski definition) is 4. The van der Waals surface area contributed by atoms with Crippen molar-refractivity contribution in [3.8, 4) is 0 Å². The number of ether oxygens (including phenoxy) is 2. The molecule has 0 radical (unpaired) electrons. The molecule has 0 aliphatic carbocycles. The summed E-state index contributed by atoms with van der Waals surface area (Å²) in [7, 11) is 8.42. The first-order chi connectivity index (χ1) is 14.1. The molecule has 0 aliphatic rings. The second kappa shape index (κ2) is 16.5. The Kier molecular flexibility index (Phi) is 15.9. The molecule has 0 aromatic rings. The van der Waals surface area contributed by atoms with Crippen LogP contribution in [-0.4, -0.2) is 88.5 Å². The number of likely N-dealkylation sites (N-methyl/N-ethyl adjacent to an activating group) is 2. The summed E-state index contributed by atoms with van der Waals surface area (Å²) in [5.41, 5.74) is 0. The second-order valence-corrected chi connectivity index (χ2v) is 9.78. The van der Waals surface area contributed by atoms with Crippen molar-refractivity contribution >= 4 is 11.9 Å². The monoisotopic (exact) mass is 430 g/mol. The number of carbonyl (C=O) groups excluding carboxylic acids is 2. The molecule has 0 amide bonds. The molecule has 0 saturated carbocycles. The van der Waals surface area contributed by atoms with Gasteiger partial charge in [-0.3, -0.25) is 0 Å². The predicted octanol–water partition coefficient (Wildman–Crippen LogP) is 4.17. The topological polar surface area (TPSA) is 52.6 Å². The summed E-state index contributed by atoms with van der Waals surface area (Å²) >= 11 is 0. The van der Waals surface area contributed by atoms with E-state index in [1.54, 1.807) is 0 Å². The molecule has 0 N–H and O–H groups in total. The first kappa shape index (κ1) is 28.9. The normalized spacial score (nSPS) is 12.1. The van der Waals surface area contributed by atoms with E-state index in [0.29, 0.717) is 35.3 Å². The molecule has 0 aliphatic heterocycles. The molecule has 0 unspecified atom stereocenters. The average molecular weight is 431 g/mol. The van der Waals surface area contributed by atoms with Gasteiger partial charge in [-0.15, -0.1) is 0 Å². The third kappa shape index (κ3) is 17.7. The maximum Gasteiger partial charge on any atom is 0.361 e. The van der Waals surface area contributed by atoms with Crippen LogP contribution in [0.25, 0.3) is 0 Å². The van der Waals surface area contributed by atoms with E-state index in [9.17, 15) is 9.59 Å². The lowest BCUT2D eigenvalue weighted by atomic mass is 10.1. The molecule has 6 heteroatoms. The van der Waals surface area contributed by atoms with Gasteiger partial charge >= 0.3 is 11.9 Å². The molecule has 0 bridgehead atoms. The molecule has 0 atom stereocenters. The number of carbonyl (C=O) groups is 2. The summed E-state index contributed by atoms with van der Waals surface area (Å²) in [6, 6.07) is 0. The van der Waals surface area contributed by atoms with Crippen LogP contribution < -0.4 is 0 Å². The zero-order valence-corrected chi connectivity index (χ0v) is 20.8. The lowest BCUT2D eigenvalue weighted by Gasteiger charge is -2.28. The van der Waals surface area contributed by atoms with Gasteiger partial charge < -0.3 is 18.4 Å². The molecule has 0 saturated heterocycles. The quantitative estimate of drug-likeness (QED) is 0.175. The van der Waals surface area contributed by atoms with Crippen molar-refractivity contribution in [2.75, 3.05) is 67.6 Å². The minimum absolute atomic E-state index is 0.0935. The van der Waals surface area contributed by atoms with Crippen molar-refractivity contribution in [2.24, 2.45) is 0 Å². The van der Waals surface area contributed by atoms with Gasteiger partial charge in [0.05, 0.1) is 54.5 Å². The predicted molar refractivity (Wildman–Crippen MR) is 123 cm³/mol. The average Bonchev–Trinajstić information content (AvgIpc) is 2.61. The molecule has 0 fully saturated rings. The molecule has 0 spiro atoms. The molecule has 0 aromatic heterocycles. The Balaban J connectivity index is 3.54. The summed E-state index contributed by atoms with van der Waals surface area (Å²) in [4.78, 5) is 23.2. The number of unbranched alkanes of at least 4 members (excludes halogenated alkanes) is 9. The summed E-state index contributed by atoms with van der Waals surface area (Å²) in [6.45, 7) is 7.63. The van der Waals surface area contributed by atoms with Crippen molar-refractivity contribution in [3.05, 3.63) is 0 Å². The maximum atomic E-state index is 11.6. The van der Waals surface area contributed by atoms with E-state index in [1.807, 2.05) is 13.8 Å². The van der Waals surface area contributed by atoms with Crippen molar-refractivity contribution < 1.29 is 28.0 Å². The van der Waals surface area contributed by atoms with E-state index in [0.717, 1.165) is 13.1 Å². The molecular formula is C24H50N2O4+2. The van der Waals surface area contributed by atoms with Gasteiger partial charge in [-0.2, -0.15) is 0 Å². The van der Waals surface area contributed by atoms with Gasteiger partial charge in [0.25, 0.3) is 0 Å². The highest BCUT2D eigenvalue weighted by atomic mass is 16.5. The van der Waals surface area contributed by atoms with E-state index in [-0.39, 0.29) is 11.9 Å². The Morgan fingerprint density at radius 2 is 0.800 bits per heavy atom. The minimum atomic E-state index is -0.0935. The van der Waals surface area contributed by atoms with Crippen LogP contribution >= 0.6 is 0 Å². The first-order valence-electron chi connectivity index (χ1n) is 12.1. The molecule has 0 rings (SSSR count). The summed E-state index contributed by atoms with van der Waals surface area (Å²) < 4.78 is 11.5. The van der Waals surface area contributed by atoms with E-state index in [2.05, 4.69) is 28.2 Å². The van der Waals surface area contributed by atoms with Crippen LogP contribution in [0.3, 0.4) is 0 Å². The number of quaternary nitrogens is 2. The zero-order chi connectivity index (χ0) is 22.9. The Morgan fingerprint density at radius 3 is 1.07 bits per heavy atom. The van der Waals surface area contributed by atoms with Crippen LogP contribution in [0.1, 0.15) is 78.1 Å². The largest absolute Gasteiger partial charge is 0.462 e. The molecule has 30 heavy (non-hydrogen) atoms. The number of rotatable bonds is 19. The molecular weight excluding hydrogens is 380 g/mol. The molecule has 0 aromatic carbocycles. The summed E-state index contributed by atoms with van der Waals surface area (Å²) in [5.74, 6) is -0.187. The Hall–Kier alpha value is -1.14. The maximum absolute atomic E-state index is 11.6. The summed E-state index contributed by atoms with van der Waals surface area (Å²) in [6.07, 6.45) is 12.7. The van der Waals surface area contributed by atoms with Gasteiger partial charge in [0.15, 0.2) is 13.1 Å². The second-order valence-electron chi connectivity index (χ2n) is 9.78. The van der Waals surface area contributed by atoms with Gasteiger partial charge in [-0.1, -0.05) is 38.5 Å². The van der Waals surface area contributed by atoms with Crippen molar-refractivity contribution in [1.82, 2.24) is 0 Å². The highest BCUT2D eigenvalue weighted by Crippen LogP contribution is 2.13. The van der Waals surface area contributed by atoms with Gasteiger partial charge in [-0.05, 0) is 39.5 Å². The van der Waals surface area contributed by atoms with Crippen LogP contribution in [0.4, 0.5) is 0 Å². The zero-order valence-electron chi connectivity index (χ0n) is 20.8. The van der Waals surface area contributed by atoms with Gasteiger partial charge in [-0.25, -0.2) is 9.59 Å². The standard InChI is InChI=1S/C24H50N2O4/c1-7-29-23(27)21-25(3,4)19-17-15-13-11-9-10-12-14-16-18-20-26(5,6)22-24(28)30-8-2/h7-22H2,1-6H3/q+2. The Morgan fingerprint density at radius 1 is 0.533 bits per heavy atom. The molecule has 178 valence electrons. The fourth-order valence-corrected chi connectivity index (χ4v) is 3.76. The smallest absolute Gasteiger partial charge is 0.361 e. The lowest BCUT2D eigenvalue weighted by molar-refractivity contribution is -0.883. The molecule has 6 nitrogen and oxygen atoms in total. The Bertz CT molecular complexity index is 422. The summed E-state index contributed by atoms with van der Waals surface area (Å²) in [5, 5.41) is 0. The van der Waals surface area contributed by atoms with E-state index < -0.39 is 0 Å². The van der Waals surface area contributed by atoms with E-state index in [1.165, 1.54) is 64.2 Å². The van der Waals surface area contributed by atoms with Crippen LogP contribution in [0, 0.1) is 0 Å². The van der Waals surface area contributed by atoms with Crippen LogP contribution in [0.2, 0.25) is 0 Å². The van der Waals surface area contributed by atoms with E-state index >= 15 is 0 Å². The van der Waals surface area contributed by atoms with Gasteiger partial charge in [0.1, 0.15) is 0 Å². The highest BCUT2D eigenvalue weighted by Gasteiger charge is 2.21. The van der Waals surface area contributed by atoms with Crippen LogP contribution in [0.15, 0.2) is 0 Å². The van der Waals surface area contributed by atoms with E-state index in [4.69, 9.17) is 9.47 Å². The first-order valence-corrected chi connectivity index (χ1v) is 12.1. The highest BCUT2D eigenvalue weighted by molar-refractivity contribution is 5.70. The third-order valence-corrected chi connectivity index (χ3v) is 5.50. The van der Waals surface area contributed by atoms with Crippen molar-refractivity contribution in [2.45, 2.75) is 78.1 Å². The Labute approximate surface area is 186 Å². The fraction of sp³-hybridized carbons (Fsp3) is 0.917. The number of esters is 2. The van der Waals surface area contributed by atoms with Crippen LogP contribution in [-0.2, 0) is 19.1 Å².